The molecule has 0 aliphatic heterocycles. The van der Waals surface area contributed by atoms with Gasteiger partial charge in [0.05, 0.1) is 5.69 Å². The molecule has 1 aromatic heterocycles. The molecule has 0 aliphatic carbocycles. The Morgan fingerprint density at radius 3 is 2.53 bits per heavy atom. The van der Waals surface area contributed by atoms with E-state index in [2.05, 4.69) is 17.2 Å². The van der Waals surface area contributed by atoms with Crippen LogP contribution in [0.25, 0.3) is 0 Å². The number of halogens is 2. The van der Waals surface area contributed by atoms with Crippen molar-refractivity contribution < 1.29 is 13.6 Å². The molecule has 3 nitrogen and oxygen atoms in total. The Bertz CT molecular complexity index is 839. The molecule has 0 saturated heterocycles. The van der Waals surface area contributed by atoms with E-state index in [4.69, 9.17) is 0 Å². The minimum Gasteiger partial charge on any atom is -0.322 e. The molecule has 0 aliphatic rings. The van der Waals surface area contributed by atoms with E-state index in [0.29, 0.717) is 5.69 Å². The first-order valence-electron chi connectivity index (χ1n) is 9.88. The molecule has 1 amide bonds. The monoisotopic (exact) mass is 470 g/mol. The van der Waals surface area contributed by atoms with E-state index in [9.17, 15) is 13.6 Å². The smallest absolute Gasteiger partial charge is 0.242 e. The van der Waals surface area contributed by atoms with Gasteiger partial charge in [0.25, 0.3) is 0 Å². The number of anilines is 1. The van der Waals surface area contributed by atoms with Crippen LogP contribution in [0.3, 0.4) is 0 Å². The summed E-state index contributed by atoms with van der Waals surface area (Å²) < 4.78 is 27.9. The summed E-state index contributed by atoms with van der Waals surface area (Å²) in [6.07, 6.45) is 8.11. The van der Waals surface area contributed by atoms with Gasteiger partial charge in [0.15, 0.2) is 0 Å². The normalized spacial score (nSPS) is 12.1. The molecule has 8 heteroatoms. The Morgan fingerprint density at radius 2 is 1.90 bits per heavy atom. The largest absolute Gasteiger partial charge is 0.322 e. The van der Waals surface area contributed by atoms with Crippen molar-refractivity contribution in [3.05, 3.63) is 47.2 Å². The zero-order chi connectivity index (χ0) is 22.1. The fraction of sp³-hybridized carbons (Fsp3) is 0.455. The van der Waals surface area contributed by atoms with Crippen molar-refractivity contribution in [1.29, 1.82) is 0 Å². The van der Waals surface area contributed by atoms with Gasteiger partial charge in [-0.05, 0) is 43.7 Å². The Hall–Kier alpha value is -1.25. The number of thioether (sulfide) groups is 3. The molecule has 1 aromatic carbocycles. The van der Waals surface area contributed by atoms with E-state index in [-0.39, 0.29) is 11.5 Å². The second kappa shape index (κ2) is 12.6. The van der Waals surface area contributed by atoms with Crippen LogP contribution in [0.4, 0.5) is 14.5 Å². The van der Waals surface area contributed by atoms with E-state index in [1.165, 1.54) is 47.4 Å². The maximum atomic E-state index is 14.5. The van der Waals surface area contributed by atoms with Crippen LogP contribution in [-0.4, -0.2) is 29.2 Å². The molecule has 0 fully saturated rings. The van der Waals surface area contributed by atoms with Gasteiger partial charge in [-0.15, -0.1) is 35.3 Å². The van der Waals surface area contributed by atoms with Gasteiger partial charge < -0.3 is 5.32 Å². The number of aryl methyl sites for hydroxylation is 1. The number of rotatable bonds is 11. The Kier molecular flexibility index (Phi) is 10.5. The number of nitrogens with zero attached hydrogens (tertiary/aromatic N) is 1. The first kappa shape index (κ1) is 25.0. The van der Waals surface area contributed by atoms with Crippen molar-refractivity contribution in [2.75, 3.05) is 23.6 Å². The number of hydrogen-bond acceptors (Lipinski definition) is 5. The van der Waals surface area contributed by atoms with Crippen LogP contribution in [0.2, 0.25) is 0 Å². The fourth-order valence-corrected chi connectivity index (χ4v) is 5.47. The molecule has 2 rings (SSSR count). The van der Waals surface area contributed by atoms with Crippen LogP contribution in [0.1, 0.15) is 49.1 Å². The quantitative estimate of drug-likeness (QED) is 0.280. The third-order valence-corrected chi connectivity index (χ3v) is 7.27. The molecule has 1 unspecified atom stereocenters. The number of unbranched alkanes of at least 4 members (excludes halogenated alkanes) is 3. The summed E-state index contributed by atoms with van der Waals surface area (Å²) >= 11 is 4.37. The van der Waals surface area contributed by atoms with Crippen molar-refractivity contribution in [2.45, 2.75) is 54.7 Å². The van der Waals surface area contributed by atoms with Gasteiger partial charge in [-0.2, -0.15) is 0 Å². The second-order valence-corrected chi connectivity index (χ2v) is 9.67. The summed E-state index contributed by atoms with van der Waals surface area (Å²) in [7, 11) is 0. The lowest BCUT2D eigenvalue weighted by atomic mass is 10.1. The van der Waals surface area contributed by atoms with Gasteiger partial charge >= 0.3 is 0 Å². The number of benzene rings is 1. The zero-order valence-corrected chi connectivity index (χ0v) is 20.2. The molecule has 164 valence electrons. The highest BCUT2D eigenvalue weighted by Crippen LogP contribution is 2.37. The maximum absolute atomic E-state index is 14.5. The average molecular weight is 471 g/mol. The number of pyridine rings is 1. The predicted octanol–water partition coefficient (Wildman–Crippen LogP) is 7.11. The van der Waals surface area contributed by atoms with Crippen LogP contribution in [0.5, 0.6) is 0 Å². The van der Waals surface area contributed by atoms with E-state index >= 15 is 0 Å². The first-order valence-corrected chi connectivity index (χ1v) is 13.4. The van der Waals surface area contributed by atoms with Crippen LogP contribution in [-0.2, 0) is 4.79 Å². The molecule has 0 saturated carbocycles. The lowest BCUT2D eigenvalue weighted by Crippen LogP contribution is -2.21. The van der Waals surface area contributed by atoms with E-state index < -0.39 is 16.9 Å². The predicted molar refractivity (Wildman–Crippen MR) is 127 cm³/mol. The maximum Gasteiger partial charge on any atom is 0.242 e. The SMILES string of the molecule is CCCCCCSC(C(=O)Nc1c(SC)cc(C)nc1SC)c1ccc(F)cc1F. The Balaban J connectivity index is 2.30. The zero-order valence-electron chi connectivity index (χ0n) is 17.8. The lowest BCUT2D eigenvalue weighted by Gasteiger charge is -2.20. The van der Waals surface area contributed by atoms with Crippen molar-refractivity contribution >= 4 is 46.9 Å². The second-order valence-electron chi connectivity index (χ2n) is 6.82. The molecule has 1 N–H and O–H groups in total. The highest BCUT2D eigenvalue weighted by molar-refractivity contribution is 8.00. The summed E-state index contributed by atoms with van der Waals surface area (Å²) in [6, 6.07) is 5.32. The highest BCUT2D eigenvalue weighted by atomic mass is 32.2. The van der Waals surface area contributed by atoms with Gasteiger partial charge in [0.1, 0.15) is 21.9 Å². The number of nitrogens with one attached hydrogen (secondary N) is 1. The fourth-order valence-electron chi connectivity index (χ4n) is 2.98. The minimum absolute atomic E-state index is 0.200. The summed E-state index contributed by atoms with van der Waals surface area (Å²) in [6.45, 7) is 4.05. The Labute approximate surface area is 190 Å². The van der Waals surface area contributed by atoms with Crippen molar-refractivity contribution in [3.63, 3.8) is 0 Å². The van der Waals surface area contributed by atoms with E-state index in [1.54, 1.807) is 0 Å². The number of carbonyl (C=O) groups is 1. The molecule has 0 spiro atoms. The number of carbonyl (C=O) groups excluding carboxylic acids is 1. The standard InChI is InChI=1S/C22H28F2N2OS3/c1-5-6-7-8-11-30-20(16-10-9-15(23)13-17(16)24)21(27)26-19-18(28-3)12-14(2)25-22(19)29-4/h9-10,12-13,20H,5-8,11H2,1-4H3,(H,26,27). The Morgan fingerprint density at radius 1 is 1.13 bits per heavy atom. The molecular formula is C22H28F2N2OS3. The van der Waals surface area contributed by atoms with Crippen molar-refractivity contribution in [2.24, 2.45) is 0 Å². The van der Waals surface area contributed by atoms with Crippen LogP contribution < -0.4 is 5.32 Å². The lowest BCUT2D eigenvalue weighted by molar-refractivity contribution is -0.115. The van der Waals surface area contributed by atoms with Gasteiger partial charge in [-0.1, -0.05) is 32.3 Å². The van der Waals surface area contributed by atoms with Crippen LogP contribution in [0.15, 0.2) is 34.2 Å². The number of hydrogen-bond donors (Lipinski definition) is 1. The van der Waals surface area contributed by atoms with Crippen molar-refractivity contribution in [3.8, 4) is 0 Å². The molecule has 0 radical (unpaired) electrons. The molecular weight excluding hydrogens is 442 g/mol. The average Bonchev–Trinajstić information content (AvgIpc) is 2.72. The van der Waals surface area contributed by atoms with E-state index in [0.717, 1.165) is 53.1 Å². The summed E-state index contributed by atoms with van der Waals surface area (Å²) in [5, 5.41) is 2.93. The topological polar surface area (TPSA) is 42.0 Å². The molecule has 1 heterocycles. The summed E-state index contributed by atoms with van der Waals surface area (Å²) in [4.78, 5) is 18.7. The van der Waals surface area contributed by atoms with Crippen LogP contribution in [0, 0.1) is 18.6 Å². The third-order valence-electron chi connectivity index (χ3n) is 4.51. The summed E-state index contributed by atoms with van der Waals surface area (Å²) in [5.41, 5.74) is 1.71. The van der Waals surface area contributed by atoms with Gasteiger partial charge in [-0.3, -0.25) is 4.79 Å². The van der Waals surface area contributed by atoms with Crippen molar-refractivity contribution in [1.82, 2.24) is 4.98 Å². The molecule has 1 atom stereocenters. The first-order chi connectivity index (χ1) is 14.4. The number of aromatic nitrogens is 1. The van der Waals surface area contributed by atoms with Crippen LogP contribution >= 0.6 is 35.3 Å². The molecule has 0 bridgehead atoms. The molecule has 2 aromatic rings. The summed E-state index contributed by atoms with van der Waals surface area (Å²) in [5.74, 6) is -0.947. The van der Waals surface area contributed by atoms with E-state index in [1.807, 2.05) is 25.5 Å². The van der Waals surface area contributed by atoms with Gasteiger partial charge in [0, 0.05) is 22.2 Å². The third kappa shape index (κ3) is 6.89. The molecule has 30 heavy (non-hydrogen) atoms. The number of amides is 1. The highest BCUT2D eigenvalue weighted by Gasteiger charge is 2.26. The minimum atomic E-state index is -0.766. The van der Waals surface area contributed by atoms with Gasteiger partial charge in [-0.25, -0.2) is 13.8 Å². The van der Waals surface area contributed by atoms with Gasteiger partial charge in [0.2, 0.25) is 5.91 Å².